The Bertz CT molecular complexity index is 1040. The van der Waals surface area contributed by atoms with Gasteiger partial charge in [0.15, 0.2) is 5.65 Å². The summed E-state index contributed by atoms with van der Waals surface area (Å²) >= 11 is 0. The van der Waals surface area contributed by atoms with E-state index in [1.165, 1.54) is 12.8 Å². The van der Waals surface area contributed by atoms with Crippen molar-refractivity contribution in [3.8, 4) is 0 Å². The maximum absolute atomic E-state index is 6.24. The molecule has 0 N–H and O–H groups in total. The number of hydrogen-bond donors (Lipinski definition) is 0. The van der Waals surface area contributed by atoms with Crippen LogP contribution in [0.4, 0.5) is 5.82 Å². The number of aromatic nitrogens is 5. The molecule has 0 radical (unpaired) electrons. The molecule has 2 fully saturated rings. The van der Waals surface area contributed by atoms with E-state index in [1.807, 2.05) is 20.0 Å². The van der Waals surface area contributed by atoms with Gasteiger partial charge in [-0.1, -0.05) is 0 Å². The third-order valence-corrected chi connectivity index (χ3v) is 5.73. The Hall–Kier alpha value is -2.54. The number of pyridine rings is 1. The zero-order valence-electron chi connectivity index (χ0n) is 16.9. The van der Waals surface area contributed by atoms with Gasteiger partial charge < -0.3 is 9.64 Å². The molecule has 1 saturated heterocycles. The van der Waals surface area contributed by atoms with Gasteiger partial charge in [-0.05, 0) is 52.2 Å². The first kappa shape index (κ1) is 17.6. The minimum atomic E-state index is -0.000101. The van der Waals surface area contributed by atoms with Crippen LogP contribution in [0.25, 0.3) is 11.2 Å². The fourth-order valence-corrected chi connectivity index (χ4v) is 3.88. The molecule has 0 amide bonds. The van der Waals surface area contributed by atoms with Crippen LogP contribution in [0.15, 0.2) is 18.5 Å². The molecule has 4 heterocycles. The average Bonchev–Trinajstić information content (AvgIpc) is 3.39. The maximum atomic E-state index is 6.24. The highest BCUT2D eigenvalue weighted by atomic mass is 16.5. The van der Waals surface area contributed by atoms with Crippen molar-refractivity contribution in [3.63, 3.8) is 0 Å². The van der Waals surface area contributed by atoms with Crippen molar-refractivity contribution in [1.82, 2.24) is 24.7 Å². The second kappa shape index (κ2) is 6.51. The number of ether oxygens (including phenoxy) is 1. The minimum absolute atomic E-state index is 0.000101. The monoisotopic (exact) mass is 378 g/mol. The van der Waals surface area contributed by atoms with Gasteiger partial charge in [0.1, 0.15) is 17.4 Å². The van der Waals surface area contributed by atoms with E-state index in [0.29, 0.717) is 6.04 Å². The van der Waals surface area contributed by atoms with E-state index < -0.39 is 0 Å². The molecule has 0 unspecified atom stereocenters. The first-order valence-electron chi connectivity index (χ1n) is 10.0. The molecule has 7 heteroatoms. The molecule has 0 aromatic carbocycles. The van der Waals surface area contributed by atoms with Crippen LogP contribution < -0.4 is 4.90 Å². The van der Waals surface area contributed by atoms with Gasteiger partial charge >= 0.3 is 0 Å². The van der Waals surface area contributed by atoms with E-state index in [-0.39, 0.29) is 12.2 Å². The molecular formula is C21H26N6O. The van der Waals surface area contributed by atoms with Gasteiger partial charge in [0.05, 0.1) is 36.3 Å². The highest BCUT2D eigenvalue weighted by Gasteiger charge is 2.30. The van der Waals surface area contributed by atoms with E-state index in [0.717, 1.165) is 52.6 Å². The summed E-state index contributed by atoms with van der Waals surface area (Å²) < 4.78 is 8.32. The fourth-order valence-electron chi connectivity index (χ4n) is 3.88. The van der Waals surface area contributed by atoms with E-state index in [9.17, 15) is 0 Å². The molecule has 3 aromatic rings. The van der Waals surface area contributed by atoms with Crippen LogP contribution in [0, 0.1) is 20.8 Å². The predicted molar refractivity (Wildman–Crippen MR) is 108 cm³/mol. The Morgan fingerprint density at radius 2 is 1.82 bits per heavy atom. The smallest absolute Gasteiger partial charge is 0.180 e. The SMILES string of the molecule is Cc1nc2nc(N3C[C@@H](C)O[C@@H](c4cnn(C5CC5)c4)C3)cc(C)c2nc1C. The molecule has 0 bridgehead atoms. The quantitative estimate of drug-likeness (QED) is 0.695. The van der Waals surface area contributed by atoms with Crippen molar-refractivity contribution in [2.24, 2.45) is 0 Å². The number of anilines is 1. The summed E-state index contributed by atoms with van der Waals surface area (Å²) in [4.78, 5) is 16.5. The van der Waals surface area contributed by atoms with Gasteiger partial charge in [0.25, 0.3) is 0 Å². The third-order valence-electron chi connectivity index (χ3n) is 5.73. The molecule has 3 aromatic heterocycles. The van der Waals surface area contributed by atoms with Gasteiger partial charge in [-0.2, -0.15) is 5.10 Å². The lowest BCUT2D eigenvalue weighted by Gasteiger charge is -2.37. The van der Waals surface area contributed by atoms with Crippen molar-refractivity contribution in [1.29, 1.82) is 0 Å². The van der Waals surface area contributed by atoms with Crippen LogP contribution >= 0.6 is 0 Å². The third kappa shape index (κ3) is 3.13. The van der Waals surface area contributed by atoms with Gasteiger partial charge in [0, 0.05) is 18.3 Å². The lowest BCUT2D eigenvalue weighted by Crippen LogP contribution is -2.43. The van der Waals surface area contributed by atoms with Crippen molar-refractivity contribution in [3.05, 3.63) is 41.0 Å². The minimum Gasteiger partial charge on any atom is -0.367 e. The zero-order valence-corrected chi connectivity index (χ0v) is 16.9. The van der Waals surface area contributed by atoms with Crippen LogP contribution in [0.1, 0.15) is 54.4 Å². The van der Waals surface area contributed by atoms with E-state index in [4.69, 9.17) is 9.72 Å². The maximum Gasteiger partial charge on any atom is 0.180 e. The first-order chi connectivity index (χ1) is 13.5. The normalized spacial score (nSPS) is 22.8. The second-order valence-electron chi connectivity index (χ2n) is 8.19. The molecule has 5 rings (SSSR count). The fraction of sp³-hybridized carbons (Fsp3) is 0.524. The van der Waals surface area contributed by atoms with Crippen LogP contribution in [0.2, 0.25) is 0 Å². The number of hydrogen-bond acceptors (Lipinski definition) is 6. The first-order valence-corrected chi connectivity index (χ1v) is 10.0. The molecule has 7 nitrogen and oxygen atoms in total. The number of fused-ring (bicyclic) bond motifs is 1. The standard InChI is InChI=1S/C21H26N6O/c1-12-7-19(25-21-20(12)23-14(3)15(4)24-21)26-9-13(2)28-18(11-26)16-8-22-27(10-16)17-5-6-17/h7-8,10,13,17-18H,5-6,9,11H2,1-4H3/t13-,18-/m1/s1. The number of morpholine rings is 1. The van der Waals surface area contributed by atoms with Crippen LogP contribution in [-0.2, 0) is 4.74 Å². The Balaban J connectivity index is 1.46. The Labute approximate surface area is 164 Å². The lowest BCUT2D eigenvalue weighted by molar-refractivity contribution is -0.0176. The lowest BCUT2D eigenvalue weighted by atomic mass is 10.1. The van der Waals surface area contributed by atoms with Gasteiger partial charge in [0.2, 0.25) is 0 Å². The van der Waals surface area contributed by atoms with E-state index >= 15 is 0 Å². The van der Waals surface area contributed by atoms with Gasteiger partial charge in [-0.25, -0.2) is 15.0 Å². The highest BCUT2D eigenvalue weighted by Crippen LogP contribution is 2.36. The molecule has 0 spiro atoms. The molecule has 1 aliphatic heterocycles. The van der Waals surface area contributed by atoms with Crippen molar-refractivity contribution >= 4 is 17.0 Å². The van der Waals surface area contributed by atoms with Crippen molar-refractivity contribution in [2.75, 3.05) is 18.0 Å². The molecular weight excluding hydrogens is 352 g/mol. The predicted octanol–water partition coefficient (Wildman–Crippen LogP) is 3.45. The molecule has 1 aliphatic carbocycles. The summed E-state index contributed by atoms with van der Waals surface area (Å²) in [5, 5.41) is 4.53. The topological polar surface area (TPSA) is 69.0 Å². The Morgan fingerprint density at radius 1 is 1.04 bits per heavy atom. The summed E-state index contributed by atoms with van der Waals surface area (Å²) in [6.45, 7) is 9.74. The Morgan fingerprint density at radius 3 is 2.61 bits per heavy atom. The number of rotatable bonds is 3. The van der Waals surface area contributed by atoms with Crippen molar-refractivity contribution in [2.45, 2.75) is 58.8 Å². The van der Waals surface area contributed by atoms with Crippen molar-refractivity contribution < 1.29 is 4.74 Å². The number of aryl methyl sites for hydroxylation is 3. The summed E-state index contributed by atoms with van der Waals surface area (Å²) in [6.07, 6.45) is 6.68. The summed E-state index contributed by atoms with van der Waals surface area (Å²) in [5.41, 5.74) is 5.74. The Kier molecular flexibility index (Phi) is 4.08. The summed E-state index contributed by atoms with van der Waals surface area (Å²) in [7, 11) is 0. The molecule has 28 heavy (non-hydrogen) atoms. The van der Waals surface area contributed by atoms with E-state index in [2.05, 4.69) is 50.8 Å². The average molecular weight is 378 g/mol. The zero-order chi connectivity index (χ0) is 19.4. The molecule has 2 atom stereocenters. The molecule has 146 valence electrons. The van der Waals surface area contributed by atoms with E-state index in [1.54, 1.807) is 0 Å². The molecule has 2 aliphatic rings. The number of nitrogens with zero attached hydrogens (tertiary/aromatic N) is 6. The second-order valence-corrected chi connectivity index (χ2v) is 8.19. The van der Waals surface area contributed by atoms with Crippen LogP contribution in [0.3, 0.4) is 0 Å². The molecule has 1 saturated carbocycles. The summed E-state index contributed by atoms with van der Waals surface area (Å²) in [6, 6.07) is 2.70. The largest absolute Gasteiger partial charge is 0.367 e. The van der Waals surface area contributed by atoms with Gasteiger partial charge in [-0.3, -0.25) is 4.68 Å². The summed E-state index contributed by atoms with van der Waals surface area (Å²) in [5.74, 6) is 0.942. The highest BCUT2D eigenvalue weighted by molar-refractivity contribution is 5.77. The van der Waals surface area contributed by atoms with Crippen LogP contribution in [-0.4, -0.2) is 43.9 Å². The van der Waals surface area contributed by atoms with Gasteiger partial charge in [-0.15, -0.1) is 0 Å². The van der Waals surface area contributed by atoms with Crippen LogP contribution in [0.5, 0.6) is 0 Å².